The Morgan fingerprint density at radius 2 is 1.62 bits per heavy atom. The van der Waals surface area contributed by atoms with Crippen LogP contribution in [0.4, 0.5) is 5.69 Å². The van der Waals surface area contributed by atoms with Crippen molar-refractivity contribution >= 4 is 46.4 Å². The minimum absolute atomic E-state index is 0.0950. The van der Waals surface area contributed by atoms with Gasteiger partial charge in [0.15, 0.2) is 0 Å². The Kier molecular flexibility index (Phi) is 3.64. The van der Waals surface area contributed by atoms with Crippen LogP contribution in [-0.2, 0) is 16.6 Å². The first-order chi connectivity index (χ1) is 9.91. The zero-order chi connectivity index (χ0) is 15.2. The topological polar surface area (TPSA) is 29.1 Å². The van der Waals surface area contributed by atoms with Crippen molar-refractivity contribution in [1.82, 2.24) is 0 Å². The Morgan fingerprint density at radius 1 is 1.00 bits per heavy atom. The second kappa shape index (κ2) is 5.20. The number of anilines is 1. The van der Waals surface area contributed by atoms with Gasteiger partial charge in [0.05, 0.1) is 16.1 Å². The fourth-order valence-electron chi connectivity index (χ4n) is 2.76. The van der Waals surface area contributed by atoms with Crippen LogP contribution < -0.4 is 5.32 Å². The van der Waals surface area contributed by atoms with Crippen molar-refractivity contribution in [3.63, 3.8) is 0 Å². The van der Waals surface area contributed by atoms with Gasteiger partial charge in [-0.05, 0) is 43.2 Å². The molecular weight excluding hydrogens is 329 g/mol. The Morgan fingerprint density at radius 3 is 2.29 bits per heavy atom. The summed E-state index contributed by atoms with van der Waals surface area (Å²) in [6.07, 6.45) is 0.531. The third kappa shape index (κ3) is 2.42. The maximum atomic E-state index is 12.5. The average Bonchev–Trinajstić information content (AvgIpc) is 2.70. The molecule has 1 heterocycles. The molecule has 2 aromatic rings. The first kappa shape index (κ1) is 14.7. The molecule has 1 atom stereocenters. The summed E-state index contributed by atoms with van der Waals surface area (Å²) < 4.78 is 0. The van der Waals surface area contributed by atoms with E-state index in [1.165, 1.54) is 0 Å². The van der Waals surface area contributed by atoms with Gasteiger partial charge in [-0.1, -0.05) is 46.9 Å². The lowest BCUT2D eigenvalue weighted by molar-refractivity contribution is -0.120. The van der Waals surface area contributed by atoms with Gasteiger partial charge in [0, 0.05) is 15.6 Å². The predicted molar refractivity (Wildman–Crippen MR) is 87.6 cm³/mol. The normalized spacial score (nSPS) is 20.3. The number of amides is 1. The van der Waals surface area contributed by atoms with Crippen molar-refractivity contribution in [1.29, 1.82) is 0 Å². The van der Waals surface area contributed by atoms with Crippen molar-refractivity contribution in [2.75, 3.05) is 5.32 Å². The minimum atomic E-state index is -0.745. The molecule has 3 rings (SSSR count). The van der Waals surface area contributed by atoms with Gasteiger partial charge in [-0.25, -0.2) is 0 Å². The number of carbonyl (C=O) groups is 1. The molecule has 2 nitrogen and oxygen atoms in total. The summed E-state index contributed by atoms with van der Waals surface area (Å²) >= 11 is 18.4. The van der Waals surface area contributed by atoms with Gasteiger partial charge in [-0.15, -0.1) is 0 Å². The van der Waals surface area contributed by atoms with Crippen LogP contribution in [0.1, 0.15) is 18.1 Å². The Balaban J connectivity index is 2.08. The molecule has 1 unspecified atom stereocenters. The van der Waals surface area contributed by atoms with Gasteiger partial charge in [-0.3, -0.25) is 4.79 Å². The number of rotatable bonds is 2. The molecule has 0 saturated carbocycles. The summed E-state index contributed by atoms with van der Waals surface area (Å²) in [5, 5.41) is 4.56. The van der Waals surface area contributed by atoms with E-state index < -0.39 is 5.41 Å². The van der Waals surface area contributed by atoms with Gasteiger partial charge < -0.3 is 5.32 Å². The minimum Gasteiger partial charge on any atom is -0.324 e. The first-order valence-corrected chi connectivity index (χ1v) is 7.59. The number of hydrogen-bond acceptors (Lipinski definition) is 1. The molecule has 0 aromatic heterocycles. The standard InChI is InChI=1S/C16H12Cl3NO/c1-16(8-9-2-4-10(17)5-3-9)13-11(18)6-7-12(19)14(13)20-15(16)21/h2-7H,8H2,1H3,(H,20,21). The smallest absolute Gasteiger partial charge is 0.235 e. The SMILES string of the molecule is CC1(Cc2ccc(Cl)cc2)C(=O)Nc2c(Cl)ccc(Cl)c21. The number of fused-ring (bicyclic) bond motifs is 1. The number of hydrogen-bond donors (Lipinski definition) is 1. The largest absolute Gasteiger partial charge is 0.324 e. The van der Waals surface area contributed by atoms with Crippen molar-refractivity contribution in [3.05, 3.63) is 62.6 Å². The molecule has 0 bridgehead atoms. The fourth-order valence-corrected chi connectivity index (χ4v) is 3.45. The molecule has 0 saturated heterocycles. The fraction of sp³-hybridized carbons (Fsp3) is 0.188. The summed E-state index contributed by atoms with van der Waals surface area (Å²) in [6, 6.07) is 10.9. The molecule has 1 amide bonds. The summed E-state index contributed by atoms with van der Waals surface area (Å²) in [6.45, 7) is 1.88. The van der Waals surface area contributed by atoms with Crippen LogP contribution in [-0.4, -0.2) is 5.91 Å². The molecule has 5 heteroatoms. The highest BCUT2D eigenvalue weighted by Crippen LogP contribution is 2.47. The molecule has 0 fully saturated rings. The lowest BCUT2D eigenvalue weighted by Crippen LogP contribution is -2.33. The molecule has 0 spiro atoms. The maximum Gasteiger partial charge on any atom is 0.235 e. The first-order valence-electron chi connectivity index (χ1n) is 6.46. The average molecular weight is 341 g/mol. The van der Waals surface area contributed by atoms with E-state index in [0.717, 1.165) is 11.1 Å². The summed E-state index contributed by atoms with van der Waals surface area (Å²) in [5.41, 5.74) is 1.65. The van der Waals surface area contributed by atoms with E-state index in [0.29, 0.717) is 27.2 Å². The number of benzene rings is 2. The lowest BCUT2D eigenvalue weighted by atomic mass is 9.78. The molecule has 2 aromatic carbocycles. The van der Waals surface area contributed by atoms with Gasteiger partial charge >= 0.3 is 0 Å². The van der Waals surface area contributed by atoms with Crippen LogP contribution >= 0.6 is 34.8 Å². The molecule has 21 heavy (non-hydrogen) atoms. The zero-order valence-corrected chi connectivity index (χ0v) is 13.5. The maximum absolute atomic E-state index is 12.5. The van der Waals surface area contributed by atoms with Crippen molar-refractivity contribution < 1.29 is 4.79 Å². The molecule has 1 N–H and O–H groups in total. The van der Waals surface area contributed by atoms with Crippen LogP contribution in [0.5, 0.6) is 0 Å². The lowest BCUT2D eigenvalue weighted by Gasteiger charge is -2.23. The van der Waals surface area contributed by atoms with E-state index >= 15 is 0 Å². The molecule has 1 aliphatic rings. The molecular formula is C16H12Cl3NO. The number of halogens is 3. The van der Waals surface area contributed by atoms with Gasteiger partial charge in [0.1, 0.15) is 0 Å². The van der Waals surface area contributed by atoms with Crippen LogP contribution in [0.3, 0.4) is 0 Å². The van der Waals surface area contributed by atoms with Crippen LogP contribution in [0, 0.1) is 0 Å². The molecule has 1 aliphatic heterocycles. The zero-order valence-electron chi connectivity index (χ0n) is 11.2. The van der Waals surface area contributed by atoms with Crippen LogP contribution in [0.2, 0.25) is 15.1 Å². The molecule has 0 aliphatic carbocycles. The number of nitrogens with one attached hydrogen (secondary N) is 1. The molecule has 0 radical (unpaired) electrons. The number of carbonyl (C=O) groups excluding carboxylic acids is 1. The Bertz CT molecular complexity index is 727. The van der Waals surface area contributed by atoms with Crippen LogP contribution in [0.15, 0.2) is 36.4 Å². The third-order valence-electron chi connectivity index (χ3n) is 3.87. The highest BCUT2D eigenvalue weighted by molar-refractivity contribution is 6.38. The summed E-state index contributed by atoms with van der Waals surface area (Å²) in [5.74, 6) is -0.0950. The summed E-state index contributed by atoms with van der Waals surface area (Å²) in [7, 11) is 0. The monoisotopic (exact) mass is 339 g/mol. The summed E-state index contributed by atoms with van der Waals surface area (Å²) in [4.78, 5) is 12.5. The van der Waals surface area contributed by atoms with Crippen LogP contribution in [0.25, 0.3) is 0 Å². The van der Waals surface area contributed by atoms with E-state index in [-0.39, 0.29) is 5.91 Å². The van der Waals surface area contributed by atoms with E-state index in [4.69, 9.17) is 34.8 Å². The van der Waals surface area contributed by atoms with Gasteiger partial charge in [-0.2, -0.15) is 0 Å². The van der Waals surface area contributed by atoms with Crippen molar-refractivity contribution in [2.24, 2.45) is 0 Å². The Hall–Kier alpha value is -1.22. The second-order valence-electron chi connectivity index (χ2n) is 5.37. The van der Waals surface area contributed by atoms with E-state index in [9.17, 15) is 4.79 Å². The van der Waals surface area contributed by atoms with Crippen molar-refractivity contribution in [3.8, 4) is 0 Å². The highest BCUT2D eigenvalue weighted by Gasteiger charge is 2.45. The quantitative estimate of drug-likeness (QED) is 0.809. The highest BCUT2D eigenvalue weighted by atomic mass is 35.5. The molecule has 108 valence electrons. The Labute approximate surface area is 138 Å². The van der Waals surface area contributed by atoms with E-state index in [1.807, 2.05) is 31.2 Å². The second-order valence-corrected chi connectivity index (χ2v) is 6.62. The van der Waals surface area contributed by atoms with Gasteiger partial charge in [0.25, 0.3) is 0 Å². The van der Waals surface area contributed by atoms with Gasteiger partial charge in [0.2, 0.25) is 5.91 Å². The van der Waals surface area contributed by atoms with Crippen molar-refractivity contribution in [2.45, 2.75) is 18.8 Å². The van der Waals surface area contributed by atoms with E-state index in [1.54, 1.807) is 12.1 Å². The predicted octanol–water partition coefficient (Wildman–Crippen LogP) is 5.10. The third-order valence-corrected chi connectivity index (χ3v) is 4.75. The van der Waals surface area contributed by atoms with E-state index in [2.05, 4.69) is 5.32 Å².